The van der Waals surface area contributed by atoms with Gasteiger partial charge in [0, 0.05) is 11.0 Å². The predicted molar refractivity (Wildman–Crippen MR) is 91.9 cm³/mol. The molecule has 1 saturated carbocycles. The van der Waals surface area contributed by atoms with E-state index in [0.29, 0.717) is 0 Å². The van der Waals surface area contributed by atoms with Crippen LogP contribution in [0.4, 0.5) is 0 Å². The van der Waals surface area contributed by atoms with Gasteiger partial charge in [0.1, 0.15) is 5.75 Å². The molecule has 21 heavy (non-hydrogen) atoms. The first-order chi connectivity index (χ1) is 10.0. The van der Waals surface area contributed by atoms with Gasteiger partial charge in [0.15, 0.2) is 0 Å². The van der Waals surface area contributed by atoms with Crippen LogP contribution in [0.15, 0.2) is 23.2 Å². The van der Waals surface area contributed by atoms with E-state index in [2.05, 4.69) is 38.3 Å². The number of thioether (sulfide) groups is 1. The fourth-order valence-electron chi connectivity index (χ4n) is 4.03. The molecule has 0 amide bonds. The van der Waals surface area contributed by atoms with Crippen LogP contribution in [-0.4, -0.2) is 23.9 Å². The van der Waals surface area contributed by atoms with Gasteiger partial charge in [-0.1, -0.05) is 33.1 Å². The largest absolute Gasteiger partial charge is 0.497 e. The summed E-state index contributed by atoms with van der Waals surface area (Å²) in [6, 6.07) is 6.47. The van der Waals surface area contributed by atoms with Crippen molar-refractivity contribution < 1.29 is 4.74 Å². The molecule has 0 saturated heterocycles. The second-order valence-corrected chi connectivity index (χ2v) is 7.54. The summed E-state index contributed by atoms with van der Waals surface area (Å²) >= 11 is 1.78. The maximum Gasteiger partial charge on any atom is 0.119 e. The van der Waals surface area contributed by atoms with Crippen molar-refractivity contribution in [3.8, 4) is 5.75 Å². The highest BCUT2D eigenvalue weighted by atomic mass is 32.2. The summed E-state index contributed by atoms with van der Waals surface area (Å²) in [5.41, 5.74) is 2.84. The molecule has 0 atom stereocenters. The van der Waals surface area contributed by atoms with Crippen molar-refractivity contribution >= 4 is 16.8 Å². The van der Waals surface area contributed by atoms with Crippen LogP contribution in [-0.2, 0) is 5.41 Å². The highest BCUT2D eigenvalue weighted by molar-refractivity contribution is 8.13. The van der Waals surface area contributed by atoms with E-state index >= 15 is 0 Å². The van der Waals surface area contributed by atoms with Crippen molar-refractivity contribution in [3.63, 3.8) is 0 Å². The lowest BCUT2D eigenvalue weighted by Gasteiger charge is -2.50. The molecule has 1 aliphatic carbocycles. The van der Waals surface area contributed by atoms with Gasteiger partial charge < -0.3 is 4.74 Å². The summed E-state index contributed by atoms with van der Waals surface area (Å²) in [6.07, 6.45) is 8.51. The Morgan fingerprint density at radius 1 is 1.14 bits per heavy atom. The molecule has 114 valence electrons. The van der Waals surface area contributed by atoms with Crippen LogP contribution in [0.25, 0.3) is 0 Å². The number of rotatable bonds is 1. The van der Waals surface area contributed by atoms with Crippen LogP contribution in [0.5, 0.6) is 5.75 Å². The van der Waals surface area contributed by atoms with Crippen LogP contribution in [0.2, 0.25) is 0 Å². The molecule has 0 aromatic heterocycles. The third-order valence-corrected chi connectivity index (χ3v) is 6.18. The fourth-order valence-corrected chi connectivity index (χ4v) is 4.69. The minimum atomic E-state index is 0.0660. The van der Waals surface area contributed by atoms with Crippen LogP contribution < -0.4 is 4.74 Å². The number of hydrogen-bond acceptors (Lipinski definition) is 3. The number of benzene rings is 1. The SMILES string of the molecule is COc1ccc2c(c1)C(C)(C)C1(CCCCC1)N=C2SC. The first-order valence-electron chi connectivity index (χ1n) is 7.87. The van der Waals surface area contributed by atoms with Gasteiger partial charge in [-0.05, 0) is 42.9 Å². The number of ether oxygens (including phenoxy) is 1. The second-order valence-electron chi connectivity index (χ2n) is 6.75. The number of nitrogens with zero attached hydrogens (tertiary/aromatic N) is 1. The van der Waals surface area contributed by atoms with Crippen molar-refractivity contribution in [1.29, 1.82) is 0 Å². The van der Waals surface area contributed by atoms with Gasteiger partial charge in [-0.25, -0.2) is 0 Å². The monoisotopic (exact) mass is 303 g/mol. The predicted octanol–water partition coefficient (Wildman–Crippen LogP) is 4.80. The van der Waals surface area contributed by atoms with Crippen molar-refractivity contribution in [2.75, 3.05) is 13.4 Å². The lowest BCUT2D eigenvalue weighted by atomic mass is 9.60. The van der Waals surface area contributed by atoms with E-state index in [1.807, 2.05) is 0 Å². The zero-order valence-electron chi connectivity index (χ0n) is 13.5. The molecule has 2 aliphatic rings. The number of methoxy groups -OCH3 is 1. The van der Waals surface area contributed by atoms with E-state index < -0.39 is 0 Å². The van der Waals surface area contributed by atoms with Gasteiger partial charge >= 0.3 is 0 Å². The highest BCUT2D eigenvalue weighted by Crippen LogP contribution is 2.52. The lowest BCUT2D eigenvalue weighted by Crippen LogP contribution is -2.51. The maximum absolute atomic E-state index is 5.47. The van der Waals surface area contributed by atoms with Gasteiger partial charge in [0.25, 0.3) is 0 Å². The van der Waals surface area contributed by atoms with Gasteiger partial charge in [-0.2, -0.15) is 0 Å². The quantitative estimate of drug-likeness (QED) is 0.743. The van der Waals surface area contributed by atoms with E-state index in [1.165, 1.54) is 48.3 Å². The third-order valence-electron chi connectivity index (χ3n) is 5.48. The van der Waals surface area contributed by atoms with E-state index in [0.717, 1.165) is 5.75 Å². The summed E-state index contributed by atoms with van der Waals surface area (Å²) in [7, 11) is 1.75. The Bertz CT molecular complexity index is 571. The summed E-state index contributed by atoms with van der Waals surface area (Å²) in [5.74, 6) is 0.954. The smallest absolute Gasteiger partial charge is 0.119 e. The van der Waals surface area contributed by atoms with Crippen molar-refractivity contribution in [3.05, 3.63) is 29.3 Å². The Morgan fingerprint density at radius 2 is 1.86 bits per heavy atom. The Morgan fingerprint density at radius 3 is 2.48 bits per heavy atom. The minimum Gasteiger partial charge on any atom is -0.497 e. The summed E-state index contributed by atoms with van der Waals surface area (Å²) < 4.78 is 5.47. The normalized spacial score (nSPS) is 22.6. The van der Waals surface area contributed by atoms with Gasteiger partial charge in [0.2, 0.25) is 0 Å². The molecule has 0 radical (unpaired) electrons. The molecule has 3 heteroatoms. The standard InChI is InChI=1S/C18H25NOS/c1-17(2)15-12-13(20-3)8-9-14(15)16(21-4)19-18(17)10-6-5-7-11-18/h8-9,12H,5-7,10-11H2,1-4H3. The van der Waals surface area contributed by atoms with E-state index in [4.69, 9.17) is 9.73 Å². The summed E-state index contributed by atoms with van der Waals surface area (Å²) in [4.78, 5) is 5.28. The molecule has 1 aromatic carbocycles. The Balaban J connectivity index is 2.19. The summed E-state index contributed by atoms with van der Waals surface area (Å²) in [5, 5.41) is 1.20. The zero-order chi connectivity index (χ0) is 15.1. The molecule has 1 fully saturated rings. The topological polar surface area (TPSA) is 21.6 Å². The molecular formula is C18H25NOS. The summed E-state index contributed by atoms with van der Waals surface area (Å²) in [6.45, 7) is 4.74. The van der Waals surface area contributed by atoms with Crippen LogP contribution in [0, 0.1) is 0 Å². The van der Waals surface area contributed by atoms with Crippen molar-refractivity contribution in [1.82, 2.24) is 0 Å². The average molecular weight is 303 g/mol. The van der Waals surface area contributed by atoms with E-state index in [9.17, 15) is 0 Å². The molecule has 1 heterocycles. The van der Waals surface area contributed by atoms with Gasteiger partial charge in [0.05, 0.1) is 17.7 Å². The lowest BCUT2D eigenvalue weighted by molar-refractivity contribution is 0.183. The Labute approximate surface area is 132 Å². The van der Waals surface area contributed by atoms with Crippen LogP contribution >= 0.6 is 11.8 Å². The molecule has 1 aliphatic heterocycles. The van der Waals surface area contributed by atoms with Crippen LogP contribution in [0.1, 0.15) is 57.1 Å². The molecule has 0 unspecified atom stereocenters. The van der Waals surface area contributed by atoms with E-state index in [1.54, 1.807) is 18.9 Å². The molecule has 3 rings (SSSR count). The Kier molecular flexibility index (Phi) is 3.81. The zero-order valence-corrected chi connectivity index (χ0v) is 14.3. The van der Waals surface area contributed by atoms with Gasteiger partial charge in [-0.15, -0.1) is 11.8 Å². The highest BCUT2D eigenvalue weighted by Gasteiger charge is 2.50. The first-order valence-corrected chi connectivity index (χ1v) is 9.09. The molecule has 1 spiro atoms. The van der Waals surface area contributed by atoms with Crippen molar-refractivity contribution in [2.45, 2.75) is 56.9 Å². The van der Waals surface area contributed by atoms with Crippen molar-refractivity contribution in [2.24, 2.45) is 4.99 Å². The van der Waals surface area contributed by atoms with Gasteiger partial charge in [-0.3, -0.25) is 4.99 Å². The van der Waals surface area contributed by atoms with Crippen LogP contribution in [0.3, 0.4) is 0 Å². The molecule has 2 nitrogen and oxygen atoms in total. The third kappa shape index (κ3) is 2.21. The molecule has 1 aromatic rings. The second kappa shape index (κ2) is 5.35. The number of hydrogen-bond donors (Lipinski definition) is 0. The Hall–Kier alpha value is -0.960. The van der Waals surface area contributed by atoms with E-state index in [-0.39, 0.29) is 11.0 Å². The average Bonchev–Trinajstić information content (AvgIpc) is 2.52. The first kappa shape index (κ1) is 15.0. The minimum absolute atomic E-state index is 0.0660. The number of fused-ring (bicyclic) bond motifs is 1. The molecule has 0 N–H and O–H groups in total. The number of aliphatic imine (C=N–C) groups is 1. The molecule has 0 bridgehead atoms. The maximum atomic E-state index is 5.47. The molecular weight excluding hydrogens is 278 g/mol. The fraction of sp³-hybridized carbons (Fsp3) is 0.611.